The van der Waals surface area contributed by atoms with Crippen LogP contribution in [0.3, 0.4) is 0 Å². The third-order valence-corrected chi connectivity index (χ3v) is 12.6. The molecule has 0 amide bonds. The molecule has 1 aromatic carbocycles. The molecule has 0 saturated heterocycles. The average Bonchev–Trinajstić information content (AvgIpc) is 2.85. The number of nitrogens with zero attached hydrogens (tertiary/aromatic N) is 2. The van der Waals surface area contributed by atoms with E-state index in [1.54, 1.807) is 19.1 Å². The van der Waals surface area contributed by atoms with Crippen molar-refractivity contribution in [1.29, 1.82) is 0 Å². The molecule has 0 N–H and O–H groups in total. The van der Waals surface area contributed by atoms with Crippen molar-refractivity contribution in [3.8, 4) is 0 Å². The number of ketones is 1. The molecule has 1 heterocycles. The number of aromatic nitrogens is 1. The molecule has 0 bridgehead atoms. The van der Waals surface area contributed by atoms with E-state index in [4.69, 9.17) is 44.0 Å². The number of hydrogen-bond acceptors (Lipinski definition) is 6. The molecule has 2 rings (SSSR count). The molecule has 0 saturated carbocycles. The molecule has 220 valence electrons. The topological polar surface area (TPSA) is 77.9 Å². The third-order valence-electron chi connectivity index (χ3n) is 7.08. The van der Waals surface area contributed by atoms with Crippen molar-refractivity contribution < 1.29 is 23.1 Å². The molecule has 0 aliphatic rings. The van der Waals surface area contributed by atoms with Crippen molar-refractivity contribution in [3.05, 3.63) is 62.1 Å². The number of carbonyl (C=O) groups is 2. The Kier molecular flexibility index (Phi) is 12.3. The highest BCUT2D eigenvalue weighted by Gasteiger charge is 2.38. The zero-order valence-corrected chi connectivity index (χ0v) is 27.5. The Morgan fingerprint density at radius 2 is 1.82 bits per heavy atom. The molecule has 1 unspecified atom stereocenters. The van der Waals surface area contributed by atoms with Gasteiger partial charge in [0.2, 0.25) is 0 Å². The largest absolute Gasteiger partial charge is 0.465 e. The lowest BCUT2D eigenvalue weighted by atomic mass is 9.97. The van der Waals surface area contributed by atoms with Crippen molar-refractivity contribution in [1.82, 2.24) is 4.98 Å². The minimum absolute atomic E-state index is 0.00192. The van der Waals surface area contributed by atoms with Gasteiger partial charge in [-0.1, -0.05) is 81.6 Å². The predicted octanol–water partition coefficient (Wildman–Crippen LogP) is 8.25. The highest BCUT2D eigenvalue weighted by Crippen LogP contribution is 2.37. The van der Waals surface area contributed by atoms with Crippen molar-refractivity contribution in [3.63, 3.8) is 0 Å². The van der Waals surface area contributed by atoms with Crippen LogP contribution < -0.4 is 0 Å². The summed E-state index contributed by atoms with van der Waals surface area (Å²) in [4.78, 5) is 35.4. The zero-order valence-electron chi connectivity index (χ0n) is 24.3. The van der Waals surface area contributed by atoms with Crippen molar-refractivity contribution >= 4 is 61.1 Å². The molecule has 6 nitrogen and oxygen atoms in total. The molecule has 0 spiro atoms. The molecule has 0 fully saturated rings. The van der Waals surface area contributed by atoms with E-state index < -0.39 is 31.8 Å². The van der Waals surface area contributed by atoms with Crippen molar-refractivity contribution in [2.75, 3.05) is 13.2 Å². The van der Waals surface area contributed by atoms with Gasteiger partial charge in [0.15, 0.2) is 20.0 Å². The summed E-state index contributed by atoms with van der Waals surface area (Å²) in [5, 5.41) is -0.284. The fourth-order valence-corrected chi connectivity index (χ4v) is 5.06. The Hall–Kier alpha value is -1.84. The first-order valence-electron chi connectivity index (χ1n) is 13.2. The van der Waals surface area contributed by atoms with Crippen molar-refractivity contribution in [2.45, 2.75) is 72.1 Å². The maximum absolute atomic E-state index is 14.5. The third kappa shape index (κ3) is 8.83. The number of ether oxygens (including phenoxy) is 1. The number of halogens is 4. The summed E-state index contributed by atoms with van der Waals surface area (Å²) in [7, 11) is -2.05. The van der Waals surface area contributed by atoms with Crippen LogP contribution in [0.4, 0.5) is 4.39 Å². The average molecular weight is 632 g/mol. The molecular formula is C29H38Cl3FN2O4Si. The Balaban J connectivity index is 2.43. The fraction of sp³-hybridized carbons (Fsp3) is 0.517. The number of carbonyl (C=O) groups excluding carboxylic acids is 2. The number of pyridine rings is 1. The van der Waals surface area contributed by atoms with Crippen molar-refractivity contribution in [2.24, 2.45) is 16.8 Å². The second-order valence-corrected chi connectivity index (χ2v) is 17.4. The Morgan fingerprint density at radius 1 is 1.18 bits per heavy atom. The van der Waals surface area contributed by atoms with Gasteiger partial charge in [0.1, 0.15) is 11.0 Å². The van der Waals surface area contributed by atoms with Crippen LogP contribution in [0.15, 0.2) is 29.3 Å². The first kappa shape index (κ1) is 34.4. The number of hydrogen-bond donors (Lipinski definition) is 0. The summed E-state index contributed by atoms with van der Waals surface area (Å²) in [6.45, 7) is 16.8. The van der Waals surface area contributed by atoms with Crippen LogP contribution in [0.5, 0.6) is 0 Å². The maximum atomic E-state index is 14.5. The van der Waals surface area contributed by atoms with E-state index in [-0.39, 0.29) is 62.0 Å². The van der Waals surface area contributed by atoms with Gasteiger partial charge in [0.25, 0.3) is 0 Å². The Morgan fingerprint density at radius 3 is 2.40 bits per heavy atom. The fourth-order valence-electron chi connectivity index (χ4n) is 3.45. The molecule has 0 aliphatic heterocycles. The molecular weight excluding hydrogens is 594 g/mol. The standard InChI is InChI=1S/C29H38Cl3FN2O4Si/c1-9-38-28(37)21(15-34-23(17(2)3)16-39-40(7,8)29(4,5)6)26(36)20-14-19(35-27(32)24(20)31)13-18-11-10-12-22(30)25(18)33/h10-12,14-15,17,21,23H,9,13,16H2,1-8H3/t21?,23-/m1/s1. The molecule has 1 aromatic heterocycles. The lowest BCUT2D eigenvalue weighted by Gasteiger charge is -2.37. The maximum Gasteiger partial charge on any atom is 0.322 e. The number of Topliss-reactive ketones (excluding diaryl/α,β-unsaturated/α-hetero) is 1. The van der Waals surface area contributed by atoms with E-state index in [0.29, 0.717) is 6.61 Å². The summed E-state index contributed by atoms with van der Waals surface area (Å²) in [5.41, 5.74) is 0.505. The first-order chi connectivity index (χ1) is 18.5. The van der Waals surface area contributed by atoms with Crippen LogP contribution in [0.25, 0.3) is 0 Å². The van der Waals surface area contributed by atoms with Gasteiger partial charge in [-0.3, -0.25) is 14.6 Å². The second-order valence-electron chi connectivity index (χ2n) is 11.4. The van der Waals surface area contributed by atoms with Crippen LogP contribution >= 0.6 is 34.8 Å². The van der Waals surface area contributed by atoms with Crippen LogP contribution in [-0.4, -0.2) is 50.5 Å². The number of rotatable bonds is 12. The first-order valence-corrected chi connectivity index (χ1v) is 17.2. The van der Waals surface area contributed by atoms with Gasteiger partial charge in [-0.2, -0.15) is 0 Å². The predicted molar refractivity (Wildman–Crippen MR) is 163 cm³/mol. The van der Waals surface area contributed by atoms with E-state index >= 15 is 0 Å². The normalized spacial score (nSPS) is 14.0. The smallest absolute Gasteiger partial charge is 0.322 e. The van der Waals surface area contributed by atoms with Gasteiger partial charge in [0.05, 0.1) is 29.3 Å². The van der Waals surface area contributed by atoms with Gasteiger partial charge < -0.3 is 9.16 Å². The molecule has 2 atom stereocenters. The van der Waals surface area contributed by atoms with Gasteiger partial charge >= 0.3 is 5.97 Å². The van der Waals surface area contributed by atoms with Gasteiger partial charge in [-0.15, -0.1) is 0 Å². The summed E-state index contributed by atoms with van der Waals surface area (Å²) in [6, 6.07) is 5.70. The molecule has 0 radical (unpaired) electrons. The van der Waals surface area contributed by atoms with Crippen LogP contribution in [0, 0.1) is 17.7 Å². The minimum Gasteiger partial charge on any atom is -0.465 e. The summed E-state index contributed by atoms with van der Waals surface area (Å²) >= 11 is 18.5. The molecule has 11 heteroatoms. The zero-order chi connectivity index (χ0) is 30.4. The number of aliphatic imine (C=N–C) groups is 1. The molecule has 0 aliphatic carbocycles. The van der Waals surface area contributed by atoms with Gasteiger partial charge in [-0.25, -0.2) is 9.37 Å². The van der Waals surface area contributed by atoms with E-state index in [1.165, 1.54) is 18.3 Å². The summed E-state index contributed by atoms with van der Waals surface area (Å²) in [5.74, 6) is -3.31. The monoisotopic (exact) mass is 630 g/mol. The quantitative estimate of drug-likeness (QED) is 0.0589. The SMILES string of the molecule is CCOC(=O)C(C=N[C@H](CO[Si](C)(C)C(C)(C)C)C(C)C)C(=O)c1cc(Cc2cccc(Cl)c2F)nc(Cl)c1Cl. The van der Waals surface area contributed by atoms with E-state index in [9.17, 15) is 14.0 Å². The van der Waals surface area contributed by atoms with Gasteiger partial charge in [-0.05, 0) is 48.7 Å². The highest BCUT2D eigenvalue weighted by molar-refractivity contribution is 6.74. The van der Waals surface area contributed by atoms with Crippen LogP contribution in [-0.2, 0) is 20.4 Å². The summed E-state index contributed by atoms with van der Waals surface area (Å²) < 4.78 is 26.1. The van der Waals surface area contributed by atoms with Gasteiger partial charge in [0, 0.05) is 23.9 Å². The second kappa shape index (κ2) is 14.4. The molecule has 40 heavy (non-hydrogen) atoms. The Labute approximate surface area is 252 Å². The summed E-state index contributed by atoms with van der Waals surface area (Å²) in [6.07, 6.45) is 1.31. The molecule has 2 aromatic rings. The number of benzene rings is 1. The van der Waals surface area contributed by atoms with E-state index in [0.717, 1.165) is 0 Å². The highest BCUT2D eigenvalue weighted by atomic mass is 35.5. The Bertz CT molecular complexity index is 1250. The van der Waals surface area contributed by atoms with E-state index in [2.05, 4.69) is 43.8 Å². The lowest BCUT2D eigenvalue weighted by molar-refractivity contribution is -0.144. The number of esters is 1. The lowest BCUT2D eigenvalue weighted by Crippen LogP contribution is -2.43. The van der Waals surface area contributed by atoms with Crippen LogP contribution in [0.2, 0.25) is 33.3 Å². The minimum atomic E-state index is -2.05. The van der Waals surface area contributed by atoms with E-state index in [1.807, 2.05) is 13.8 Å². The van der Waals surface area contributed by atoms with Crippen LogP contribution in [0.1, 0.15) is 63.2 Å².